The van der Waals surface area contributed by atoms with Crippen molar-refractivity contribution in [1.29, 1.82) is 0 Å². The molecule has 1 saturated heterocycles. The second-order valence-corrected chi connectivity index (χ2v) is 8.57. The van der Waals surface area contributed by atoms with Gasteiger partial charge in [0.25, 0.3) is 0 Å². The highest BCUT2D eigenvalue weighted by molar-refractivity contribution is 7.93. The Hall–Kier alpha value is -1.62. The molecule has 2 aliphatic rings. The van der Waals surface area contributed by atoms with Crippen LogP contribution in [0.2, 0.25) is 0 Å². The van der Waals surface area contributed by atoms with Crippen LogP contribution in [0.1, 0.15) is 31.2 Å². The van der Waals surface area contributed by atoms with Gasteiger partial charge in [-0.15, -0.1) is 0 Å². The Morgan fingerprint density at radius 2 is 2.14 bits per heavy atom. The van der Waals surface area contributed by atoms with Crippen molar-refractivity contribution >= 4 is 26.3 Å². The zero-order valence-electron chi connectivity index (χ0n) is 12.0. The van der Waals surface area contributed by atoms with Crippen molar-refractivity contribution in [3.63, 3.8) is 0 Å². The summed E-state index contributed by atoms with van der Waals surface area (Å²) in [5, 5.41) is 4.92. The van der Waals surface area contributed by atoms with E-state index in [1.165, 1.54) is 5.57 Å². The molecule has 2 unspecified atom stereocenters. The van der Waals surface area contributed by atoms with Gasteiger partial charge in [-0.05, 0) is 36.5 Å². The van der Waals surface area contributed by atoms with Crippen LogP contribution >= 0.6 is 0 Å². The summed E-state index contributed by atoms with van der Waals surface area (Å²) in [5.74, 6) is 0. The molecular formula is C16H18N2O2S. The number of allylic oxidation sites excluding steroid dienone is 1. The minimum absolute atomic E-state index is 0.182. The monoisotopic (exact) mass is 302 g/mol. The number of sulfone groups is 1. The number of aromatic nitrogens is 2. The number of fused-ring (bicyclic) bond motifs is 3. The van der Waals surface area contributed by atoms with Gasteiger partial charge in [0.2, 0.25) is 0 Å². The molecule has 0 aliphatic carbocycles. The highest BCUT2D eigenvalue weighted by atomic mass is 32.2. The predicted octanol–water partition coefficient (Wildman–Crippen LogP) is 2.70. The molecule has 1 aromatic heterocycles. The van der Waals surface area contributed by atoms with Gasteiger partial charge in [-0.3, -0.25) is 4.68 Å². The minimum Gasteiger partial charge on any atom is -0.268 e. The maximum atomic E-state index is 12.3. The molecule has 110 valence electrons. The Bertz CT molecular complexity index is 848. The number of nitrogens with zero attached hydrogens (tertiary/aromatic N) is 2. The molecule has 0 saturated carbocycles. The van der Waals surface area contributed by atoms with E-state index in [9.17, 15) is 8.42 Å². The van der Waals surface area contributed by atoms with E-state index in [4.69, 9.17) is 0 Å². The first-order valence-corrected chi connectivity index (χ1v) is 9.02. The average molecular weight is 302 g/mol. The van der Waals surface area contributed by atoms with Crippen LogP contribution in [0.3, 0.4) is 0 Å². The van der Waals surface area contributed by atoms with E-state index in [1.807, 2.05) is 24.0 Å². The summed E-state index contributed by atoms with van der Waals surface area (Å²) in [6.45, 7) is 0. The Labute approximate surface area is 124 Å². The van der Waals surface area contributed by atoms with Crippen LogP contribution in [-0.2, 0) is 16.9 Å². The fourth-order valence-electron chi connectivity index (χ4n) is 3.61. The van der Waals surface area contributed by atoms with Gasteiger partial charge in [0, 0.05) is 12.4 Å². The van der Waals surface area contributed by atoms with Gasteiger partial charge in [-0.2, -0.15) is 5.10 Å². The van der Waals surface area contributed by atoms with Gasteiger partial charge in [-0.1, -0.05) is 24.6 Å². The SMILES string of the molecule is Cn1ncc2ccc(C3=CC4CCCC(C3)S4(=O)=O)cc21. The van der Waals surface area contributed by atoms with Gasteiger partial charge in [0.1, 0.15) is 0 Å². The molecule has 5 heteroatoms. The number of hydrogen-bond acceptors (Lipinski definition) is 3. The van der Waals surface area contributed by atoms with E-state index in [2.05, 4.69) is 23.3 Å². The molecule has 2 aliphatic heterocycles. The summed E-state index contributed by atoms with van der Waals surface area (Å²) in [4.78, 5) is 0. The molecule has 2 bridgehead atoms. The second-order valence-electron chi connectivity index (χ2n) is 6.12. The lowest BCUT2D eigenvalue weighted by atomic mass is 9.93. The molecule has 4 nitrogen and oxygen atoms in total. The molecule has 0 N–H and O–H groups in total. The van der Waals surface area contributed by atoms with Crippen LogP contribution in [0.5, 0.6) is 0 Å². The third kappa shape index (κ3) is 1.94. The molecule has 0 radical (unpaired) electrons. The largest absolute Gasteiger partial charge is 0.268 e. The van der Waals surface area contributed by atoms with E-state index < -0.39 is 9.84 Å². The van der Waals surface area contributed by atoms with E-state index >= 15 is 0 Å². The lowest BCUT2D eigenvalue weighted by Gasteiger charge is -2.33. The van der Waals surface area contributed by atoms with Gasteiger partial charge >= 0.3 is 0 Å². The Morgan fingerprint density at radius 1 is 1.29 bits per heavy atom. The van der Waals surface area contributed by atoms with Crippen LogP contribution in [-0.4, -0.2) is 28.7 Å². The maximum Gasteiger partial charge on any atom is 0.159 e. The standard InChI is InChI=1S/C16H18N2O2S/c1-18-16-9-11(5-6-12(16)10-17-18)13-7-14-3-2-4-15(8-13)21(14,19)20/h5-7,9-10,14-15H,2-4,8H2,1H3. The van der Waals surface area contributed by atoms with Gasteiger partial charge in [0.15, 0.2) is 9.84 Å². The van der Waals surface area contributed by atoms with Crippen LogP contribution in [0, 0.1) is 0 Å². The van der Waals surface area contributed by atoms with Crippen molar-refractivity contribution in [3.05, 3.63) is 36.0 Å². The third-order valence-corrected chi connectivity index (χ3v) is 7.40. The molecule has 21 heavy (non-hydrogen) atoms. The fraction of sp³-hybridized carbons (Fsp3) is 0.438. The van der Waals surface area contributed by atoms with Crippen molar-refractivity contribution in [2.45, 2.75) is 36.2 Å². The summed E-state index contributed by atoms with van der Waals surface area (Å²) in [5.41, 5.74) is 3.41. The maximum absolute atomic E-state index is 12.3. The number of rotatable bonds is 1. The molecule has 4 rings (SSSR count). The average Bonchev–Trinajstić information content (AvgIpc) is 2.79. The van der Waals surface area contributed by atoms with E-state index in [0.717, 1.165) is 35.7 Å². The Morgan fingerprint density at radius 3 is 2.95 bits per heavy atom. The summed E-state index contributed by atoms with van der Waals surface area (Å²) in [6.07, 6.45) is 7.11. The molecule has 0 amide bonds. The lowest BCUT2D eigenvalue weighted by Crippen LogP contribution is -2.38. The van der Waals surface area contributed by atoms with Gasteiger partial charge in [0.05, 0.1) is 22.2 Å². The van der Waals surface area contributed by atoms with Crippen LogP contribution in [0.15, 0.2) is 30.5 Å². The second kappa shape index (κ2) is 4.44. The Balaban J connectivity index is 1.82. The summed E-state index contributed by atoms with van der Waals surface area (Å²) < 4.78 is 26.5. The van der Waals surface area contributed by atoms with E-state index in [-0.39, 0.29) is 10.5 Å². The van der Waals surface area contributed by atoms with Crippen LogP contribution in [0.4, 0.5) is 0 Å². The van der Waals surface area contributed by atoms with Crippen molar-refractivity contribution in [1.82, 2.24) is 9.78 Å². The quantitative estimate of drug-likeness (QED) is 0.814. The molecule has 0 spiro atoms. The predicted molar refractivity (Wildman–Crippen MR) is 83.7 cm³/mol. The number of hydrogen-bond donors (Lipinski definition) is 0. The van der Waals surface area contributed by atoms with Crippen molar-refractivity contribution in [3.8, 4) is 0 Å². The third-order valence-electron chi connectivity index (χ3n) is 4.86. The van der Waals surface area contributed by atoms with Crippen LogP contribution in [0.25, 0.3) is 16.5 Å². The van der Waals surface area contributed by atoms with Crippen LogP contribution < -0.4 is 0 Å². The van der Waals surface area contributed by atoms with Crippen molar-refractivity contribution in [2.24, 2.45) is 7.05 Å². The fourth-order valence-corrected chi connectivity index (χ4v) is 5.87. The first-order chi connectivity index (χ1) is 10.1. The molecule has 1 aromatic carbocycles. The van der Waals surface area contributed by atoms with Crippen molar-refractivity contribution in [2.75, 3.05) is 0 Å². The molecule has 1 fully saturated rings. The smallest absolute Gasteiger partial charge is 0.159 e. The first kappa shape index (κ1) is 13.1. The van der Waals surface area contributed by atoms with Crippen molar-refractivity contribution < 1.29 is 8.42 Å². The Kier molecular flexibility index (Phi) is 2.76. The topological polar surface area (TPSA) is 52.0 Å². The first-order valence-electron chi connectivity index (χ1n) is 7.41. The zero-order valence-corrected chi connectivity index (χ0v) is 12.8. The molecule has 2 aromatic rings. The highest BCUT2D eigenvalue weighted by Gasteiger charge is 2.40. The summed E-state index contributed by atoms with van der Waals surface area (Å²) in [7, 11) is -1.01. The molecule has 3 heterocycles. The summed E-state index contributed by atoms with van der Waals surface area (Å²) >= 11 is 0. The molecular weight excluding hydrogens is 284 g/mol. The van der Waals surface area contributed by atoms with Gasteiger partial charge < -0.3 is 0 Å². The summed E-state index contributed by atoms with van der Waals surface area (Å²) in [6, 6.07) is 6.28. The normalized spacial score (nSPS) is 27.6. The highest BCUT2D eigenvalue weighted by Crippen LogP contribution is 2.39. The lowest BCUT2D eigenvalue weighted by molar-refractivity contribution is 0.518. The van der Waals surface area contributed by atoms with Gasteiger partial charge in [-0.25, -0.2) is 8.42 Å². The minimum atomic E-state index is -2.94. The number of benzene rings is 1. The van der Waals surface area contributed by atoms with E-state index in [1.54, 1.807) is 0 Å². The van der Waals surface area contributed by atoms with E-state index in [0.29, 0.717) is 6.42 Å². The zero-order chi connectivity index (χ0) is 14.6. The number of aryl methyl sites for hydroxylation is 1. The molecule has 2 atom stereocenters.